The third-order valence-corrected chi connectivity index (χ3v) is 2.84. The van der Waals surface area contributed by atoms with Crippen molar-refractivity contribution in [1.82, 2.24) is 0 Å². The van der Waals surface area contributed by atoms with Gasteiger partial charge in [0.25, 0.3) is 0 Å². The average Bonchev–Trinajstić information content (AvgIpc) is 2.47. The molecule has 0 atom stereocenters. The van der Waals surface area contributed by atoms with Gasteiger partial charge in [-0.15, -0.1) is 0 Å². The van der Waals surface area contributed by atoms with Crippen molar-refractivity contribution in [3.8, 4) is 17.6 Å². The van der Waals surface area contributed by atoms with Crippen molar-refractivity contribution in [3.05, 3.63) is 59.4 Å². The van der Waals surface area contributed by atoms with E-state index in [1.807, 2.05) is 12.1 Å². The number of nitrogens with zero attached hydrogens (tertiary/aromatic N) is 1. The smallest absolute Gasteiger partial charge is 0.140 e. The quantitative estimate of drug-likeness (QED) is 0.837. The monoisotopic (exact) mass is 271 g/mol. The molecule has 0 bridgehead atoms. The van der Waals surface area contributed by atoms with Crippen molar-refractivity contribution in [2.45, 2.75) is 6.42 Å². The van der Waals surface area contributed by atoms with Gasteiger partial charge in [0.15, 0.2) is 0 Å². The molecule has 4 heteroatoms. The summed E-state index contributed by atoms with van der Waals surface area (Å²) in [4.78, 5) is 0. The third kappa shape index (κ3) is 3.48. The fraction of sp³-hybridized carbons (Fsp3) is 0.188. The summed E-state index contributed by atoms with van der Waals surface area (Å²) in [6.45, 7) is 0.429. The highest BCUT2D eigenvalue weighted by atomic mass is 19.1. The van der Waals surface area contributed by atoms with Crippen LogP contribution in [0.15, 0.2) is 42.5 Å². The minimum atomic E-state index is -0.248. The molecule has 102 valence electrons. The lowest BCUT2D eigenvalue weighted by atomic mass is 10.1. The Kier molecular flexibility index (Phi) is 4.56. The fourth-order valence-corrected chi connectivity index (χ4v) is 1.83. The van der Waals surface area contributed by atoms with Crippen molar-refractivity contribution in [3.63, 3.8) is 0 Å². The summed E-state index contributed by atoms with van der Waals surface area (Å²) >= 11 is 0. The molecule has 0 saturated carbocycles. The number of nitriles is 1. The summed E-state index contributed by atoms with van der Waals surface area (Å²) in [7, 11) is 1.51. The second-order valence-corrected chi connectivity index (χ2v) is 4.20. The number of rotatable bonds is 5. The summed E-state index contributed by atoms with van der Waals surface area (Å²) in [6, 6.07) is 13.5. The number of hydrogen-bond donors (Lipinski definition) is 0. The molecule has 20 heavy (non-hydrogen) atoms. The van der Waals surface area contributed by atoms with Gasteiger partial charge in [-0.25, -0.2) is 4.39 Å². The van der Waals surface area contributed by atoms with E-state index in [2.05, 4.69) is 0 Å². The van der Waals surface area contributed by atoms with Crippen LogP contribution >= 0.6 is 0 Å². The molecule has 0 spiro atoms. The van der Waals surface area contributed by atoms with Crippen molar-refractivity contribution in [2.24, 2.45) is 0 Å². The first-order valence-electron chi connectivity index (χ1n) is 6.18. The Labute approximate surface area is 117 Å². The summed E-state index contributed by atoms with van der Waals surface area (Å²) in [6.07, 6.45) is 0.611. The molecule has 0 saturated heterocycles. The molecule has 0 heterocycles. The van der Waals surface area contributed by atoms with Crippen LogP contribution in [0.1, 0.15) is 11.1 Å². The van der Waals surface area contributed by atoms with E-state index in [0.717, 1.165) is 5.56 Å². The average molecular weight is 271 g/mol. The van der Waals surface area contributed by atoms with E-state index in [-0.39, 0.29) is 5.82 Å². The fourth-order valence-electron chi connectivity index (χ4n) is 1.83. The summed E-state index contributed by atoms with van der Waals surface area (Å²) in [5.74, 6) is 0.857. The van der Waals surface area contributed by atoms with Gasteiger partial charge in [0.05, 0.1) is 19.3 Å². The molecule has 0 aliphatic rings. The number of halogens is 1. The topological polar surface area (TPSA) is 42.2 Å². The molecule has 0 N–H and O–H groups in total. The number of hydrogen-bond acceptors (Lipinski definition) is 3. The minimum Gasteiger partial charge on any atom is -0.495 e. The summed E-state index contributed by atoms with van der Waals surface area (Å²) in [5.41, 5.74) is 1.34. The first-order chi connectivity index (χ1) is 9.72. The first kappa shape index (κ1) is 13.9. The molecule has 0 amide bonds. The van der Waals surface area contributed by atoms with Crippen LogP contribution < -0.4 is 9.47 Å². The molecule has 2 aromatic carbocycles. The van der Waals surface area contributed by atoms with E-state index in [1.54, 1.807) is 24.3 Å². The van der Waals surface area contributed by atoms with Gasteiger partial charge in [-0.05, 0) is 29.8 Å². The molecule has 2 aromatic rings. The number of ether oxygens (including phenoxy) is 2. The third-order valence-electron chi connectivity index (χ3n) is 2.84. The molecule has 0 unspecified atom stereocenters. The van der Waals surface area contributed by atoms with Crippen LogP contribution in [0.5, 0.6) is 11.5 Å². The molecule has 2 rings (SSSR count). The van der Waals surface area contributed by atoms with E-state index >= 15 is 0 Å². The van der Waals surface area contributed by atoms with E-state index in [1.165, 1.54) is 19.2 Å². The van der Waals surface area contributed by atoms with Gasteiger partial charge in [0.1, 0.15) is 23.4 Å². The number of benzene rings is 2. The lowest BCUT2D eigenvalue weighted by molar-refractivity contribution is 0.318. The van der Waals surface area contributed by atoms with Crippen molar-refractivity contribution in [1.29, 1.82) is 5.26 Å². The summed E-state index contributed by atoms with van der Waals surface area (Å²) < 4.78 is 23.7. The van der Waals surface area contributed by atoms with Crippen LogP contribution in [0, 0.1) is 17.1 Å². The Morgan fingerprint density at radius 2 is 2.05 bits per heavy atom. The molecule has 0 aliphatic carbocycles. The Hall–Kier alpha value is -2.54. The molecule has 0 radical (unpaired) electrons. The zero-order chi connectivity index (χ0) is 14.4. The van der Waals surface area contributed by atoms with Crippen molar-refractivity contribution in [2.75, 3.05) is 13.7 Å². The van der Waals surface area contributed by atoms with Crippen LogP contribution in [0.2, 0.25) is 0 Å². The second-order valence-electron chi connectivity index (χ2n) is 4.20. The highest BCUT2D eigenvalue weighted by Crippen LogP contribution is 2.24. The zero-order valence-corrected chi connectivity index (χ0v) is 11.1. The Balaban J connectivity index is 1.96. The van der Waals surface area contributed by atoms with Gasteiger partial charge < -0.3 is 9.47 Å². The Bertz CT molecular complexity index is 635. The maximum absolute atomic E-state index is 13.0. The van der Waals surface area contributed by atoms with Crippen molar-refractivity contribution < 1.29 is 13.9 Å². The lowest BCUT2D eigenvalue weighted by Crippen LogP contribution is -2.02. The van der Waals surface area contributed by atoms with Gasteiger partial charge in [0.2, 0.25) is 0 Å². The molecule has 0 aliphatic heterocycles. The number of methoxy groups -OCH3 is 1. The first-order valence-corrected chi connectivity index (χ1v) is 6.18. The predicted molar refractivity (Wildman–Crippen MR) is 73.3 cm³/mol. The van der Waals surface area contributed by atoms with Crippen molar-refractivity contribution >= 4 is 0 Å². The Morgan fingerprint density at radius 1 is 1.20 bits per heavy atom. The van der Waals surface area contributed by atoms with E-state index in [9.17, 15) is 4.39 Å². The largest absolute Gasteiger partial charge is 0.495 e. The van der Waals surface area contributed by atoms with Gasteiger partial charge in [-0.1, -0.05) is 12.1 Å². The molecular formula is C16H14FNO2. The highest BCUT2D eigenvalue weighted by Gasteiger charge is 2.04. The zero-order valence-electron chi connectivity index (χ0n) is 11.1. The Morgan fingerprint density at radius 3 is 2.75 bits per heavy atom. The SMILES string of the molecule is COc1cc(OCCc2cccc(F)c2)ccc1C#N. The normalized spacial score (nSPS) is 9.85. The standard InChI is InChI=1S/C16H14FNO2/c1-19-16-10-15(6-5-13(16)11-18)20-8-7-12-3-2-4-14(17)9-12/h2-6,9-10H,7-8H2,1H3. The maximum atomic E-state index is 13.0. The van der Waals surface area contributed by atoms with Crippen LogP contribution in [-0.2, 0) is 6.42 Å². The van der Waals surface area contributed by atoms with Crippen LogP contribution in [0.25, 0.3) is 0 Å². The summed E-state index contributed by atoms with van der Waals surface area (Å²) in [5, 5.41) is 8.88. The van der Waals surface area contributed by atoms with Crippen LogP contribution in [0.3, 0.4) is 0 Å². The van der Waals surface area contributed by atoms with Gasteiger partial charge in [0, 0.05) is 12.5 Å². The van der Waals surface area contributed by atoms with E-state index in [4.69, 9.17) is 14.7 Å². The van der Waals surface area contributed by atoms with Gasteiger partial charge >= 0.3 is 0 Å². The van der Waals surface area contributed by atoms with E-state index in [0.29, 0.717) is 30.1 Å². The van der Waals surface area contributed by atoms with Gasteiger partial charge in [-0.2, -0.15) is 5.26 Å². The van der Waals surface area contributed by atoms with Gasteiger partial charge in [-0.3, -0.25) is 0 Å². The molecular weight excluding hydrogens is 257 g/mol. The lowest BCUT2D eigenvalue weighted by Gasteiger charge is -2.09. The van der Waals surface area contributed by atoms with E-state index < -0.39 is 0 Å². The molecule has 0 fully saturated rings. The maximum Gasteiger partial charge on any atom is 0.140 e. The second kappa shape index (κ2) is 6.58. The molecule has 3 nitrogen and oxygen atoms in total. The molecule has 0 aromatic heterocycles. The minimum absolute atomic E-state index is 0.248. The van der Waals surface area contributed by atoms with Crippen LogP contribution in [0.4, 0.5) is 4.39 Å². The van der Waals surface area contributed by atoms with Crippen LogP contribution in [-0.4, -0.2) is 13.7 Å². The predicted octanol–water partition coefficient (Wildman–Crippen LogP) is 3.33. The highest BCUT2D eigenvalue weighted by molar-refractivity contribution is 5.47.